The summed E-state index contributed by atoms with van der Waals surface area (Å²) in [5.74, 6) is 0.242. The number of rotatable bonds is 23. The SMILES string of the molecule is CCCCCCCCCCCCCCCCCC(=O)NCCCCCCOC. The molecule has 0 saturated carbocycles. The molecule has 0 radical (unpaired) electrons. The second-order valence-electron chi connectivity index (χ2n) is 8.46. The van der Waals surface area contributed by atoms with Gasteiger partial charge in [-0.1, -0.05) is 110 Å². The minimum Gasteiger partial charge on any atom is -0.385 e. The molecule has 0 fully saturated rings. The van der Waals surface area contributed by atoms with Gasteiger partial charge >= 0.3 is 0 Å². The van der Waals surface area contributed by atoms with Gasteiger partial charge in [0, 0.05) is 26.7 Å². The van der Waals surface area contributed by atoms with Crippen LogP contribution in [0.2, 0.25) is 0 Å². The predicted molar refractivity (Wildman–Crippen MR) is 123 cm³/mol. The van der Waals surface area contributed by atoms with E-state index in [4.69, 9.17) is 4.74 Å². The van der Waals surface area contributed by atoms with E-state index >= 15 is 0 Å². The first-order chi connectivity index (χ1) is 13.8. The maximum Gasteiger partial charge on any atom is 0.219 e. The van der Waals surface area contributed by atoms with Crippen LogP contribution in [0.5, 0.6) is 0 Å². The minimum absolute atomic E-state index is 0.242. The molecule has 0 unspecified atom stereocenters. The summed E-state index contributed by atoms with van der Waals surface area (Å²) in [6.45, 7) is 3.97. The lowest BCUT2D eigenvalue weighted by Crippen LogP contribution is -2.23. The average molecular weight is 398 g/mol. The van der Waals surface area contributed by atoms with Crippen LogP contribution < -0.4 is 5.32 Å². The van der Waals surface area contributed by atoms with Gasteiger partial charge in [0.15, 0.2) is 0 Å². The lowest BCUT2D eigenvalue weighted by atomic mass is 10.0. The smallest absolute Gasteiger partial charge is 0.219 e. The molecule has 0 aromatic rings. The normalized spacial score (nSPS) is 11.1. The largest absolute Gasteiger partial charge is 0.385 e. The van der Waals surface area contributed by atoms with Crippen LogP contribution in [0.4, 0.5) is 0 Å². The van der Waals surface area contributed by atoms with Crippen molar-refractivity contribution < 1.29 is 9.53 Å². The van der Waals surface area contributed by atoms with Crippen LogP contribution in [0.25, 0.3) is 0 Å². The quantitative estimate of drug-likeness (QED) is 0.180. The standard InChI is InChI=1S/C25H51NO2/c1-3-4-5-6-7-8-9-10-11-12-13-14-15-16-19-22-25(27)26-23-20-17-18-21-24-28-2/h3-24H2,1-2H3,(H,26,27). The molecule has 0 aromatic carbocycles. The Hall–Kier alpha value is -0.570. The molecule has 0 spiro atoms. The molecule has 28 heavy (non-hydrogen) atoms. The van der Waals surface area contributed by atoms with Crippen LogP contribution in [0.1, 0.15) is 135 Å². The van der Waals surface area contributed by atoms with Crippen molar-refractivity contribution >= 4 is 5.91 Å². The molecule has 0 bridgehead atoms. The summed E-state index contributed by atoms with van der Waals surface area (Å²) in [6.07, 6.45) is 25.8. The van der Waals surface area contributed by atoms with Gasteiger partial charge in [0.1, 0.15) is 0 Å². The Balaban J connectivity index is 3.11. The summed E-state index contributed by atoms with van der Waals surface area (Å²) in [5.41, 5.74) is 0. The molecule has 1 amide bonds. The predicted octanol–water partition coefficient (Wildman–Crippen LogP) is 7.57. The Morgan fingerprint density at radius 2 is 1.04 bits per heavy atom. The fourth-order valence-corrected chi connectivity index (χ4v) is 3.70. The van der Waals surface area contributed by atoms with Crippen molar-refractivity contribution in [2.24, 2.45) is 0 Å². The fourth-order valence-electron chi connectivity index (χ4n) is 3.70. The van der Waals surface area contributed by atoms with E-state index in [0.717, 1.165) is 32.4 Å². The Bertz CT molecular complexity index is 307. The molecule has 3 heteroatoms. The first-order valence-electron chi connectivity index (χ1n) is 12.6. The number of ether oxygens (including phenoxy) is 1. The van der Waals surface area contributed by atoms with Gasteiger partial charge in [-0.2, -0.15) is 0 Å². The zero-order valence-corrected chi connectivity index (χ0v) is 19.4. The van der Waals surface area contributed by atoms with Crippen LogP contribution in [0.15, 0.2) is 0 Å². The number of carbonyl (C=O) groups is 1. The Morgan fingerprint density at radius 3 is 1.54 bits per heavy atom. The topological polar surface area (TPSA) is 38.3 Å². The number of carbonyl (C=O) groups excluding carboxylic acids is 1. The monoisotopic (exact) mass is 397 g/mol. The van der Waals surface area contributed by atoms with E-state index in [1.807, 2.05) is 0 Å². The lowest BCUT2D eigenvalue weighted by Gasteiger charge is -2.06. The first-order valence-corrected chi connectivity index (χ1v) is 12.6. The molecule has 0 aliphatic heterocycles. The number of hydrogen-bond acceptors (Lipinski definition) is 2. The van der Waals surface area contributed by atoms with Gasteiger partial charge < -0.3 is 10.1 Å². The zero-order valence-electron chi connectivity index (χ0n) is 19.4. The van der Waals surface area contributed by atoms with E-state index in [-0.39, 0.29) is 5.91 Å². The molecule has 0 heterocycles. The highest BCUT2D eigenvalue weighted by Crippen LogP contribution is 2.13. The van der Waals surface area contributed by atoms with Crippen LogP contribution >= 0.6 is 0 Å². The van der Waals surface area contributed by atoms with E-state index < -0.39 is 0 Å². The van der Waals surface area contributed by atoms with Gasteiger partial charge in [0.2, 0.25) is 5.91 Å². The molecule has 0 saturated heterocycles. The minimum atomic E-state index is 0.242. The van der Waals surface area contributed by atoms with Gasteiger partial charge in [-0.05, 0) is 19.3 Å². The number of methoxy groups -OCH3 is 1. The van der Waals surface area contributed by atoms with E-state index in [9.17, 15) is 4.79 Å². The summed E-state index contributed by atoms with van der Waals surface area (Å²) < 4.78 is 5.04. The van der Waals surface area contributed by atoms with Gasteiger partial charge in [0.25, 0.3) is 0 Å². The summed E-state index contributed by atoms with van der Waals surface area (Å²) in [7, 11) is 1.75. The second kappa shape index (κ2) is 24.5. The molecular weight excluding hydrogens is 346 g/mol. The molecule has 0 aliphatic rings. The van der Waals surface area contributed by atoms with E-state index in [1.165, 1.54) is 103 Å². The number of hydrogen-bond donors (Lipinski definition) is 1. The van der Waals surface area contributed by atoms with Crippen molar-refractivity contribution in [3.05, 3.63) is 0 Å². The molecule has 168 valence electrons. The Kier molecular flexibility index (Phi) is 24.0. The maximum absolute atomic E-state index is 11.8. The number of amides is 1. The van der Waals surface area contributed by atoms with Crippen LogP contribution in [0.3, 0.4) is 0 Å². The third-order valence-electron chi connectivity index (χ3n) is 5.60. The lowest BCUT2D eigenvalue weighted by molar-refractivity contribution is -0.121. The fraction of sp³-hybridized carbons (Fsp3) is 0.960. The second-order valence-corrected chi connectivity index (χ2v) is 8.46. The highest BCUT2D eigenvalue weighted by molar-refractivity contribution is 5.75. The van der Waals surface area contributed by atoms with E-state index in [2.05, 4.69) is 12.2 Å². The molecule has 3 nitrogen and oxygen atoms in total. The van der Waals surface area contributed by atoms with Gasteiger partial charge in [-0.25, -0.2) is 0 Å². The summed E-state index contributed by atoms with van der Waals surface area (Å²) in [5, 5.41) is 3.05. The Morgan fingerprint density at radius 1 is 0.607 bits per heavy atom. The van der Waals surface area contributed by atoms with Crippen molar-refractivity contribution in [3.63, 3.8) is 0 Å². The third-order valence-corrected chi connectivity index (χ3v) is 5.60. The number of unbranched alkanes of at least 4 members (excludes halogenated alkanes) is 17. The van der Waals surface area contributed by atoms with Crippen molar-refractivity contribution in [2.45, 2.75) is 135 Å². The van der Waals surface area contributed by atoms with Crippen molar-refractivity contribution in [1.29, 1.82) is 0 Å². The summed E-state index contributed by atoms with van der Waals surface area (Å²) >= 11 is 0. The zero-order chi connectivity index (χ0) is 20.5. The van der Waals surface area contributed by atoms with Crippen molar-refractivity contribution in [2.75, 3.05) is 20.3 Å². The molecule has 1 N–H and O–H groups in total. The van der Waals surface area contributed by atoms with Gasteiger partial charge in [-0.3, -0.25) is 4.79 Å². The number of nitrogens with one attached hydrogen (secondary N) is 1. The Labute approximate surface area is 176 Å². The van der Waals surface area contributed by atoms with Gasteiger partial charge in [-0.15, -0.1) is 0 Å². The van der Waals surface area contributed by atoms with Crippen LogP contribution in [-0.2, 0) is 9.53 Å². The van der Waals surface area contributed by atoms with Crippen LogP contribution in [0, 0.1) is 0 Å². The maximum atomic E-state index is 11.8. The van der Waals surface area contributed by atoms with Gasteiger partial charge in [0.05, 0.1) is 0 Å². The highest BCUT2D eigenvalue weighted by atomic mass is 16.5. The summed E-state index contributed by atoms with van der Waals surface area (Å²) in [6, 6.07) is 0. The molecule has 0 aliphatic carbocycles. The molecule has 0 aromatic heterocycles. The van der Waals surface area contributed by atoms with E-state index in [1.54, 1.807) is 7.11 Å². The van der Waals surface area contributed by atoms with Crippen LogP contribution in [-0.4, -0.2) is 26.2 Å². The molecule has 0 atom stereocenters. The van der Waals surface area contributed by atoms with Crippen molar-refractivity contribution in [1.82, 2.24) is 5.32 Å². The third kappa shape index (κ3) is 23.5. The van der Waals surface area contributed by atoms with Crippen molar-refractivity contribution in [3.8, 4) is 0 Å². The van der Waals surface area contributed by atoms with E-state index in [0.29, 0.717) is 6.42 Å². The summed E-state index contributed by atoms with van der Waals surface area (Å²) in [4.78, 5) is 11.8. The average Bonchev–Trinajstić information content (AvgIpc) is 2.70. The molecule has 0 rings (SSSR count). The highest BCUT2D eigenvalue weighted by Gasteiger charge is 2.00. The molecular formula is C25H51NO2. The first kappa shape index (κ1) is 27.4.